The third-order valence-electron chi connectivity index (χ3n) is 5.90. The molecule has 31 heavy (non-hydrogen) atoms. The van der Waals surface area contributed by atoms with Crippen molar-refractivity contribution in [2.24, 2.45) is 10.9 Å². The zero-order valence-corrected chi connectivity index (χ0v) is 18.8. The maximum absolute atomic E-state index is 13.2. The number of thiophene rings is 1. The Morgan fingerprint density at radius 1 is 1.13 bits per heavy atom. The molecule has 0 saturated heterocycles. The summed E-state index contributed by atoms with van der Waals surface area (Å²) in [6, 6.07) is 12.2. The fourth-order valence-corrected chi connectivity index (χ4v) is 5.29. The summed E-state index contributed by atoms with van der Waals surface area (Å²) in [5.41, 5.74) is 4.32. The van der Waals surface area contributed by atoms with Crippen molar-refractivity contribution in [1.82, 2.24) is 4.90 Å². The first-order valence-corrected chi connectivity index (χ1v) is 11.2. The first kappa shape index (κ1) is 21.5. The molecule has 0 saturated carbocycles. The first-order valence-electron chi connectivity index (χ1n) is 10.3. The van der Waals surface area contributed by atoms with Crippen LogP contribution in [-0.4, -0.2) is 42.8 Å². The van der Waals surface area contributed by atoms with Crippen LogP contribution in [0.3, 0.4) is 0 Å². The normalized spacial score (nSPS) is 20.9. The fourth-order valence-electron chi connectivity index (χ4n) is 4.42. The third kappa shape index (κ3) is 4.34. The third-order valence-corrected chi connectivity index (χ3v) is 6.86. The smallest absolute Gasteiger partial charge is 0.336 e. The molecule has 2 aliphatic heterocycles. The van der Waals surface area contributed by atoms with Crippen molar-refractivity contribution in [3.05, 3.63) is 69.1 Å². The van der Waals surface area contributed by atoms with Crippen molar-refractivity contribution in [2.75, 3.05) is 20.3 Å². The maximum atomic E-state index is 13.2. The molecule has 162 valence electrons. The molecule has 0 fully saturated rings. The summed E-state index contributed by atoms with van der Waals surface area (Å²) in [4.78, 5) is 33.4. The Kier molecular flexibility index (Phi) is 6.34. The molecule has 7 heteroatoms. The van der Waals surface area contributed by atoms with Gasteiger partial charge in [0, 0.05) is 41.8 Å². The zero-order valence-electron chi connectivity index (χ0n) is 18.0. The van der Waals surface area contributed by atoms with Crippen molar-refractivity contribution in [2.45, 2.75) is 32.9 Å². The molecule has 2 aliphatic rings. The van der Waals surface area contributed by atoms with E-state index in [1.807, 2.05) is 29.6 Å². The highest BCUT2D eigenvalue weighted by molar-refractivity contribution is 7.10. The van der Waals surface area contributed by atoms with Gasteiger partial charge in [-0.3, -0.25) is 14.7 Å². The van der Waals surface area contributed by atoms with Gasteiger partial charge in [-0.25, -0.2) is 4.79 Å². The van der Waals surface area contributed by atoms with E-state index in [-0.39, 0.29) is 6.61 Å². The van der Waals surface area contributed by atoms with Gasteiger partial charge in [0.25, 0.3) is 0 Å². The van der Waals surface area contributed by atoms with Crippen LogP contribution in [0.15, 0.2) is 58.0 Å². The maximum Gasteiger partial charge on any atom is 0.336 e. The Bertz CT molecular complexity index is 1020. The minimum atomic E-state index is -0.636. The summed E-state index contributed by atoms with van der Waals surface area (Å²) in [6.07, 6.45) is 0. The minimum absolute atomic E-state index is 0.284. The largest absolute Gasteiger partial charge is 0.468 e. The number of rotatable bonds is 6. The standard InChI is InChI=1S/C24H26N2O4S/c1-15-20(23(27)29-3)22(19-9-6-12-31-19)21(16(2)25-15)24(28)30-11-10-26-13-17-7-4-5-8-18(17)14-26/h4-9,12,20,22H,10-11,13-14H2,1-3H3. The Balaban J connectivity index is 1.48. The van der Waals surface area contributed by atoms with E-state index in [9.17, 15) is 9.59 Å². The number of nitrogens with zero attached hydrogens (tertiary/aromatic N) is 2. The predicted octanol–water partition coefficient (Wildman–Crippen LogP) is 3.93. The van der Waals surface area contributed by atoms with Crippen molar-refractivity contribution in [1.29, 1.82) is 0 Å². The summed E-state index contributed by atoms with van der Waals surface area (Å²) in [5.74, 6) is -1.90. The van der Waals surface area contributed by atoms with Gasteiger partial charge in [0.05, 0.1) is 12.7 Å². The molecule has 2 aromatic rings. The lowest BCUT2D eigenvalue weighted by Crippen LogP contribution is -2.36. The summed E-state index contributed by atoms with van der Waals surface area (Å²) in [6.45, 7) is 6.26. The number of carbonyl (C=O) groups excluding carboxylic acids is 2. The summed E-state index contributed by atoms with van der Waals surface area (Å²) >= 11 is 1.51. The predicted molar refractivity (Wildman–Crippen MR) is 120 cm³/mol. The number of hydrogen-bond acceptors (Lipinski definition) is 7. The quantitative estimate of drug-likeness (QED) is 0.640. The number of ether oxygens (including phenoxy) is 2. The van der Waals surface area contributed by atoms with Crippen LogP contribution in [0, 0.1) is 5.92 Å². The minimum Gasteiger partial charge on any atom is -0.468 e. The number of esters is 2. The van der Waals surface area contributed by atoms with Gasteiger partial charge >= 0.3 is 11.9 Å². The molecule has 0 bridgehead atoms. The molecule has 0 aliphatic carbocycles. The Hall–Kier alpha value is -2.77. The lowest BCUT2D eigenvalue weighted by Gasteiger charge is -2.30. The van der Waals surface area contributed by atoms with Gasteiger partial charge in [0.2, 0.25) is 0 Å². The van der Waals surface area contributed by atoms with Crippen molar-refractivity contribution in [3.63, 3.8) is 0 Å². The van der Waals surface area contributed by atoms with Gasteiger partial charge in [0.15, 0.2) is 0 Å². The Morgan fingerprint density at radius 3 is 2.45 bits per heavy atom. The number of aliphatic imine (C=N–C) groups is 1. The molecular formula is C24H26N2O4S. The van der Waals surface area contributed by atoms with Gasteiger partial charge in [-0.1, -0.05) is 30.3 Å². The van der Waals surface area contributed by atoms with E-state index < -0.39 is 23.8 Å². The van der Waals surface area contributed by atoms with Gasteiger partial charge in [0.1, 0.15) is 12.5 Å². The van der Waals surface area contributed by atoms with Gasteiger partial charge in [-0.05, 0) is 36.4 Å². The van der Waals surface area contributed by atoms with E-state index in [0.29, 0.717) is 23.5 Å². The Labute approximate surface area is 186 Å². The van der Waals surface area contributed by atoms with Gasteiger partial charge in [-0.15, -0.1) is 11.3 Å². The van der Waals surface area contributed by atoms with Gasteiger partial charge < -0.3 is 9.47 Å². The summed E-state index contributed by atoms with van der Waals surface area (Å²) in [5, 5.41) is 1.94. The number of fused-ring (bicyclic) bond motifs is 1. The van der Waals surface area contributed by atoms with Gasteiger partial charge in [-0.2, -0.15) is 0 Å². The number of benzene rings is 1. The van der Waals surface area contributed by atoms with E-state index in [1.165, 1.54) is 29.6 Å². The van der Waals surface area contributed by atoms with Crippen LogP contribution in [0.1, 0.15) is 35.8 Å². The monoisotopic (exact) mass is 438 g/mol. The van der Waals surface area contributed by atoms with Crippen LogP contribution in [0.2, 0.25) is 0 Å². The molecule has 0 amide bonds. The topological polar surface area (TPSA) is 68.2 Å². The number of carbonyl (C=O) groups is 2. The van der Waals surface area contributed by atoms with Crippen LogP contribution in [-0.2, 0) is 32.2 Å². The number of allylic oxidation sites excluding steroid dienone is 1. The summed E-state index contributed by atoms with van der Waals surface area (Å²) < 4.78 is 10.7. The molecule has 2 unspecified atom stereocenters. The highest BCUT2D eigenvalue weighted by Crippen LogP contribution is 2.41. The van der Waals surface area contributed by atoms with Crippen LogP contribution < -0.4 is 0 Å². The second-order valence-electron chi connectivity index (χ2n) is 7.86. The fraction of sp³-hybridized carbons (Fsp3) is 0.375. The number of hydrogen-bond donors (Lipinski definition) is 0. The molecule has 0 spiro atoms. The lowest BCUT2D eigenvalue weighted by molar-refractivity contribution is -0.144. The highest BCUT2D eigenvalue weighted by atomic mass is 32.1. The van der Waals surface area contributed by atoms with Crippen molar-refractivity contribution >= 4 is 29.0 Å². The van der Waals surface area contributed by atoms with Crippen molar-refractivity contribution in [3.8, 4) is 0 Å². The van der Waals surface area contributed by atoms with Crippen LogP contribution in [0.25, 0.3) is 0 Å². The second kappa shape index (κ2) is 9.16. The molecule has 1 aromatic heterocycles. The Morgan fingerprint density at radius 2 is 1.84 bits per heavy atom. The van der Waals surface area contributed by atoms with E-state index in [0.717, 1.165) is 18.0 Å². The number of methoxy groups -OCH3 is 1. The molecule has 0 radical (unpaired) electrons. The highest BCUT2D eigenvalue weighted by Gasteiger charge is 2.42. The average Bonchev–Trinajstić information content (AvgIpc) is 3.42. The van der Waals surface area contributed by atoms with E-state index in [2.05, 4.69) is 22.0 Å². The zero-order chi connectivity index (χ0) is 22.0. The second-order valence-corrected chi connectivity index (χ2v) is 8.84. The molecular weight excluding hydrogens is 412 g/mol. The molecule has 6 nitrogen and oxygen atoms in total. The van der Waals surface area contributed by atoms with Crippen molar-refractivity contribution < 1.29 is 19.1 Å². The van der Waals surface area contributed by atoms with E-state index >= 15 is 0 Å². The summed E-state index contributed by atoms with van der Waals surface area (Å²) in [7, 11) is 1.36. The molecule has 0 N–H and O–H groups in total. The first-order chi connectivity index (χ1) is 15.0. The lowest BCUT2D eigenvalue weighted by atomic mass is 9.79. The van der Waals surface area contributed by atoms with Crippen LogP contribution in [0.4, 0.5) is 0 Å². The average molecular weight is 439 g/mol. The van der Waals surface area contributed by atoms with E-state index in [4.69, 9.17) is 9.47 Å². The van der Waals surface area contributed by atoms with Crippen LogP contribution >= 0.6 is 11.3 Å². The molecule has 2 atom stereocenters. The molecule has 4 rings (SSSR count). The molecule has 3 heterocycles. The SMILES string of the molecule is COC(=O)C1C(C)=NC(C)=C(C(=O)OCCN2Cc3ccccc3C2)C1c1cccs1. The van der Waals surface area contributed by atoms with Crippen LogP contribution in [0.5, 0.6) is 0 Å². The molecule has 1 aromatic carbocycles. The van der Waals surface area contributed by atoms with E-state index in [1.54, 1.807) is 13.8 Å².